The Balaban J connectivity index is 1.97. The number of hydrogen-bond donors (Lipinski definition) is 0. The van der Waals surface area contributed by atoms with Crippen LogP contribution in [0.3, 0.4) is 0 Å². The Labute approximate surface area is 137 Å². The van der Waals surface area contributed by atoms with Crippen LogP contribution in [0.25, 0.3) is 5.57 Å². The average molecular weight is 333 g/mol. The minimum Gasteiger partial charge on any atom is -0.458 e. The monoisotopic (exact) mass is 333 g/mol. The van der Waals surface area contributed by atoms with Gasteiger partial charge in [0, 0.05) is 18.6 Å². The molecule has 0 N–H and O–H groups in total. The molecule has 0 bridgehead atoms. The van der Waals surface area contributed by atoms with Gasteiger partial charge in [-0.15, -0.1) is 0 Å². The summed E-state index contributed by atoms with van der Waals surface area (Å²) in [5, 5.41) is 10.9. The number of allylic oxidation sites excluding steroid dienone is 1. The summed E-state index contributed by atoms with van der Waals surface area (Å²) in [4.78, 5) is 26.0. The first-order valence-corrected chi connectivity index (χ1v) is 7.16. The fourth-order valence-electron chi connectivity index (χ4n) is 2.19. The van der Waals surface area contributed by atoms with Crippen LogP contribution in [0, 0.1) is 22.9 Å². The van der Waals surface area contributed by atoms with Crippen LogP contribution < -0.4 is 0 Å². The van der Waals surface area contributed by atoms with E-state index in [2.05, 4.69) is 4.98 Å². The second-order valence-electron chi connectivity index (χ2n) is 5.05. The summed E-state index contributed by atoms with van der Waals surface area (Å²) in [6.07, 6.45) is 2.34. The fourth-order valence-corrected chi connectivity index (χ4v) is 2.19. The smallest absolute Gasteiger partial charge is 0.342 e. The number of aryl methyl sites for hydroxylation is 1. The minimum absolute atomic E-state index is 0.0576. The van der Waals surface area contributed by atoms with Gasteiger partial charge >= 0.3 is 11.8 Å². The van der Waals surface area contributed by atoms with Crippen molar-refractivity contribution in [2.75, 3.05) is 6.61 Å². The number of ether oxygens (including phenoxy) is 1. The van der Waals surface area contributed by atoms with E-state index in [1.54, 1.807) is 32.0 Å². The number of esters is 1. The van der Waals surface area contributed by atoms with Crippen LogP contribution in [0.4, 0.5) is 10.2 Å². The Morgan fingerprint density at radius 3 is 2.83 bits per heavy atom. The van der Waals surface area contributed by atoms with E-state index in [1.807, 2.05) is 0 Å². The van der Waals surface area contributed by atoms with Crippen molar-refractivity contribution in [2.24, 2.45) is 0 Å². The highest BCUT2D eigenvalue weighted by Gasteiger charge is 2.17. The third-order valence-corrected chi connectivity index (χ3v) is 3.41. The Morgan fingerprint density at radius 1 is 1.46 bits per heavy atom. The van der Waals surface area contributed by atoms with Crippen molar-refractivity contribution >= 4 is 17.4 Å². The normalized spacial score (nSPS) is 11.4. The van der Waals surface area contributed by atoms with Gasteiger partial charge in [0.2, 0.25) is 0 Å². The Bertz CT molecular complexity index is 798. The molecule has 0 fully saturated rings. The standard InChI is InChI=1S/C16H16FN3O4/c1-11(13-5-3-4-6-14(13)17)9-16(21)24-8-7-19-12(2)18-10-15(19)20(22)23/h3-6,9-10H,7-8H2,1-2H3/b11-9-. The summed E-state index contributed by atoms with van der Waals surface area (Å²) in [7, 11) is 0. The lowest BCUT2D eigenvalue weighted by Crippen LogP contribution is -2.12. The molecule has 0 aliphatic rings. The zero-order chi connectivity index (χ0) is 17.7. The summed E-state index contributed by atoms with van der Waals surface area (Å²) in [6, 6.07) is 6.10. The van der Waals surface area contributed by atoms with Gasteiger partial charge in [0.25, 0.3) is 0 Å². The molecule has 0 spiro atoms. The molecule has 0 saturated heterocycles. The first-order valence-electron chi connectivity index (χ1n) is 7.16. The van der Waals surface area contributed by atoms with Crippen LogP contribution in [0.1, 0.15) is 18.3 Å². The lowest BCUT2D eigenvalue weighted by molar-refractivity contribution is -0.392. The van der Waals surface area contributed by atoms with Gasteiger partial charge in [-0.3, -0.25) is 0 Å². The van der Waals surface area contributed by atoms with E-state index in [1.165, 1.54) is 16.7 Å². The van der Waals surface area contributed by atoms with Crippen molar-refractivity contribution in [2.45, 2.75) is 20.4 Å². The van der Waals surface area contributed by atoms with E-state index in [4.69, 9.17) is 4.74 Å². The summed E-state index contributed by atoms with van der Waals surface area (Å²) < 4.78 is 20.0. The number of carbonyl (C=O) groups excluding carboxylic acids is 1. The maximum atomic E-state index is 13.6. The first-order chi connectivity index (χ1) is 11.4. The van der Waals surface area contributed by atoms with Gasteiger partial charge in [0.1, 0.15) is 25.2 Å². The number of nitro groups is 1. The molecule has 0 aliphatic carbocycles. The van der Waals surface area contributed by atoms with Crippen LogP contribution in [-0.2, 0) is 16.1 Å². The van der Waals surface area contributed by atoms with Gasteiger partial charge in [0.05, 0.1) is 0 Å². The van der Waals surface area contributed by atoms with Crippen molar-refractivity contribution in [1.29, 1.82) is 0 Å². The Kier molecular flexibility index (Phi) is 5.41. The lowest BCUT2D eigenvalue weighted by Gasteiger charge is -2.05. The summed E-state index contributed by atoms with van der Waals surface area (Å²) in [5.41, 5.74) is 0.749. The highest BCUT2D eigenvalue weighted by molar-refractivity contribution is 5.90. The van der Waals surface area contributed by atoms with Crippen molar-refractivity contribution in [3.63, 3.8) is 0 Å². The second kappa shape index (κ2) is 7.49. The quantitative estimate of drug-likeness (QED) is 0.351. The molecule has 0 amide bonds. The Morgan fingerprint density at radius 2 is 2.17 bits per heavy atom. The number of carbonyl (C=O) groups is 1. The molecule has 0 atom stereocenters. The number of nitrogens with zero attached hydrogens (tertiary/aromatic N) is 3. The van der Waals surface area contributed by atoms with Crippen LogP contribution in [0.2, 0.25) is 0 Å². The molecule has 1 aromatic carbocycles. The van der Waals surface area contributed by atoms with E-state index < -0.39 is 16.7 Å². The number of hydrogen-bond acceptors (Lipinski definition) is 5. The highest BCUT2D eigenvalue weighted by Crippen LogP contribution is 2.17. The zero-order valence-electron chi connectivity index (χ0n) is 13.2. The summed E-state index contributed by atoms with van der Waals surface area (Å²) in [5.74, 6) is -0.780. The van der Waals surface area contributed by atoms with Gasteiger partial charge in [0.15, 0.2) is 5.82 Å². The number of rotatable bonds is 6. The molecule has 0 aliphatic heterocycles. The van der Waals surface area contributed by atoms with E-state index in [0.29, 0.717) is 17.0 Å². The highest BCUT2D eigenvalue weighted by atomic mass is 19.1. The number of imidazole rings is 1. The fraction of sp³-hybridized carbons (Fsp3) is 0.250. The number of benzene rings is 1. The molecule has 0 radical (unpaired) electrons. The largest absolute Gasteiger partial charge is 0.458 e. The van der Waals surface area contributed by atoms with E-state index in [0.717, 1.165) is 6.20 Å². The third-order valence-electron chi connectivity index (χ3n) is 3.41. The molecule has 2 aromatic rings. The molecular weight excluding hydrogens is 317 g/mol. The molecule has 7 nitrogen and oxygen atoms in total. The van der Waals surface area contributed by atoms with Crippen molar-refractivity contribution in [3.8, 4) is 0 Å². The van der Waals surface area contributed by atoms with Gasteiger partial charge in [-0.05, 0) is 23.5 Å². The molecule has 8 heteroatoms. The van der Waals surface area contributed by atoms with Crippen LogP contribution in [-0.4, -0.2) is 27.1 Å². The number of halogens is 1. The molecule has 1 aromatic heterocycles. The Hall–Kier alpha value is -3.03. The van der Waals surface area contributed by atoms with E-state index in [-0.39, 0.29) is 19.0 Å². The first kappa shape index (κ1) is 17.3. The molecule has 126 valence electrons. The van der Waals surface area contributed by atoms with Gasteiger partial charge < -0.3 is 14.9 Å². The minimum atomic E-state index is -0.642. The van der Waals surface area contributed by atoms with Crippen LogP contribution >= 0.6 is 0 Å². The van der Waals surface area contributed by atoms with Crippen molar-refractivity contribution < 1.29 is 18.8 Å². The van der Waals surface area contributed by atoms with E-state index in [9.17, 15) is 19.3 Å². The van der Waals surface area contributed by atoms with Crippen LogP contribution in [0.5, 0.6) is 0 Å². The zero-order valence-corrected chi connectivity index (χ0v) is 13.2. The number of aromatic nitrogens is 2. The van der Waals surface area contributed by atoms with Crippen LogP contribution in [0.15, 0.2) is 36.5 Å². The van der Waals surface area contributed by atoms with E-state index >= 15 is 0 Å². The topological polar surface area (TPSA) is 87.3 Å². The molecular formula is C16H16FN3O4. The summed E-state index contributed by atoms with van der Waals surface area (Å²) in [6.45, 7) is 3.28. The van der Waals surface area contributed by atoms with Gasteiger partial charge in [-0.25, -0.2) is 18.7 Å². The third kappa shape index (κ3) is 4.03. The molecule has 2 rings (SSSR count). The second-order valence-corrected chi connectivity index (χ2v) is 5.05. The van der Waals surface area contributed by atoms with Gasteiger partial charge in [-0.1, -0.05) is 18.2 Å². The molecule has 24 heavy (non-hydrogen) atoms. The predicted molar refractivity (Wildman–Crippen MR) is 84.6 cm³/mol. The predicted octanol–water partition coefficient (Wildman–Crippen LogP) is 2.89. The maximum absolute atomic E-state index is 13.6. The lowest BCUT2D eigenvalue weighted by atomic mass is 10.1. The molecule has 1 heterocycles. The van der Waals surface area contributed by atoms with Crippen molar-refractivity contribution in [1.82, 2.24) is 9.55 Å². The molecule has 0 unspecified atom stereocenters. The maximum Gasteiger partial charge on any atom is 0.342 e. The van der Waals surface area contributed by atoms with Crippen molar-refractivity contribution in [3.05, 3.63) is 63.9 Å². The average Bonchev–Trinajstić information content (AvgIpc) is 2.89. The van der Waals surface area contributed by atoms with Gasteiger partial charge in [-0.2, -0.15) is 0 Å². The molecule has 0 saturated carbocycles. The summed E-state index contributed by atoms with van der Waals surface area (Å²) >= 11 is 0. The SMILES string of the molecule is C/C(=C/C(=O)OCCn1c([N+](=O)[O-])cnc1C)c1ccccc1F.